The van der Waals surface area contributed by atoms with Gasteiger partial charge in [0.2, 0.25) is 0 Å². The fourth-order valence-corrected chi connectivity index (χ4v) is 4.35. The van der Waals surface area contributed by atoms with E-state index in [1.807, 2.05) is 0 Å². The van der Waals surface area contributed by atoms with Gasteiger partial charge in [-0.15, -0.1) is 0 Å². The van der Waals surface area contributed by atoms with Crippen LogP contribution in [0.25, 0.3) is 0 Å². The molecule has 1 N–H and O–H groups in total. The zero-order chi connectivity index (χ0) is 15.1. The first-order chi connectivity index (χ1) is 10.2. The van der Waals surface area contributed by atoms with Gasteiger partial charge in [0.05, 0.1) is 0 Å². The van der Waals surface area contributed by atoms with Crippen LogP contribution in [0.5, 0.6) is 0 Å². The molecule has 2 atom stereocenters. The predicted octanol–water partition coefficient (Wildman–Crippen LogP) is 4.59. The van der Waals surface area contributed by atoms with Gasteiger partial charge in [-0.05, 0) is 57.5 Å². The van der Waals surface area contributed by atoms with Gasteiger partial charge in [-0.1, -0.05) is 46.5 Å². The van der Waals surface area contributed by atoms with Crippen LogP contribution in [0.1, 0.15) is 85.0 Å². The Balaban J connectivity index is 1.60. The SMILES string of the molecule is CCCNC1CC2CCC(C1)N2CCCCCCC(C)C. The average molecular weight is 295 g/mol. The summed E-state index contributed by atoms with van der Waals surface area (Å²) in [4.78, 5) is 2.87. The fraction of sp³-hybridized carbons (Fsp3) is 1.00. The molecule has 2 fully saturated rings. The summed E-state index contributed by atoms with van der Waals surface area (Å²) in [5.74, 6) is 0.885. The summed E-state index contributed by atoms with van der Waals surface area (Å²) in [7, 11) is 0. The number of rotatable bonds is 10. The topological polar surface area (TPSA) is 15.3 Å². The van der Waals surface area contributed by atoms with E-state index in [0.29, 0.717) is 0 Å². The van der Waals surface area contributed by atoms with E-state index < -0.39 is 0 Å². The van der Waals surface area contributed by atoms with Crippen LogP contribution in [0.3, 0.4) is 0 Å². The molecule has 2 aliphatic heterocycles. The standard InChI is InChI=1S/C19H38N2/c1-4-12-20-17-14-18-10-11-19(15-17)21(18)13-8-6-5-7-9-16(2)3/h16-20H,4-15H2,1-3H3. The minimum atomic E-state index is 0.810. The Morgan fingerprint density at radius 2 is 1.67 bits per heavy atom. The molecular weight excluding hydrogens is 256 g/mol. The second kappa shape index (κ2) is 9.15. The normalized spacial score (nSPS) is 29.4. The lowest BCUT2D eigenvalue weighted by Crippen LogP contribution is -2.49. The maximum absolute atomic E-state index is 3.76. The Hall–Kier alpha value is -0.0800. The molecular formula is C19H38N2. The monoisotopic (exact) mass is 294 g/mol. The lowest BCUT2D eigenvalue weighted by molar-refractivity contribution is 0.114. The third-order valence-corrected chi connectivity index (χ3v) is 5.52. The summed E-state index contributed by atoms with van der Waals surface area (Å²) in [6.45, 7) is 9.54. The third kappa shape index (κ3) is 5.56. The van der Waals surface area contributed by atoms with Gasteiger partial charge in [0.15, 0.2) is 0 Å². The molecule has 0 saturated carbocycles. The molecule has 2 aliphatic rings. The predicted molar refractivity (Wildman–Crippen MR) is 92.8 cm³/mol. The number of fused-ring (bicyclic) bond motifs is 2. The van der Waals surface area contributed by atoms with Crippen molar-refractivity contribution in [3.05, 3.63) is 0 Å². The third-order valence-electron chi connectivity index (χ3n) is 5.52. The summed E-state index contributed by atoms with van der Waals surface area (Å²) in [6.07, 6.45) is 14.2. The smallest absolute Gasteiger partial charge is 0.0114 e. The van der Waals surface area contributed by atoms with E-state index >= 15 is 0 Å². The largest absolute Gasteiger partial charge is 0.314 e. The average Bonchev–Trinajstić information content (AvgIpc) is 2.70. The summed E-state index contributed by atoms with van der Waals surface area (Å²) < 4.78 is 0. The molecule has 21 heavy (non-hydrogen) atoms. The molecule has 2 unspecified atom stereocenters. The Bertz CT molecular complexity index is 263. The molecule has 0 aromatic carbocycles. The van der Waals surface area contributed by atoms with Crippen molar-refractivity contribution in [2.75, 3.05) is 13.1 Å². The van der Waals surface area contributed by atoms with E-state index in [1.165, 1.54) is 77.3 Å². The first-order valence-corrected chi connectivity index (χ1v) is 9.69. The van der Waals surface area contributed by atoms with Gasteiger partial charge in [0.25, 0.3) is 0 Å². The summed E-state index contributed by atoms with van der Waals surface area (Å²) in [5, 5.41) is 3.76. The molecule has 0 aliphatic carbocycles. The molecule has 2 saturated heterocycles. The molecule has 0 radical (unpaired) electrons. The molecule has 0 spiro atoms. The number of hydrogen-bond donors (Lipinski definition) is 1. The lowest BCUT2D eigenvalue weighted by Gasteiger charge is -2.39. The van der Waals surface area contributed by atoms with Crippen molar-refractivity contribution in [1.29, 1.82) is 0 Å². The molecule has 2 heteroatoms. The Morgan fingerprint density at radius 3 is 2.29 bits per heavy atom. The van der Waals surface area contributed by atoms with Gasteiger partial charge in [-0.2, -0.15) is 0 Å². The van der Waals surface area contributed by atoms with Crippen molar-refractivity contribution in [3.63, 3.8) is 0 Å². The second-order valence-corrected chi connectivity index (χ2v) is 7.84. The van der Waals surface area contributed by atoms with Crippen LogP contribution in [0.2, 0.25) is 0 Å². The first kappa shape index (κ1) is 17.3. The number of nitrogens with one attached hydrogen (secondary N) is 1. The minimum Gasteiger partial charge on any atom is -0.314 e. The van der Waals surface area contributed by atoms with E-state index in [4.69, 9.17) is 0 Å². The number of hydrogen-bond acceptors (Lipinski definition) is 2. The van der Waals surface area contributed by atoms with E-state index in [-0.39, 0.29) is 0 Å². The van der Waals surface area contributed by atoms with Gasteiger partial charge >= 0.3 is 0 Å². The lowest BCUT2D eigenvalue weighted by atomic mass is 9.96. The maximum Gasteiger partial charge on any atom is 0.0114 e. The Kier molecular flexibility index (Phi) is 7.53. The van der Waals surface area contributed by atoms with Gasteiger partial charge in [0, 0.05) is 18.1 Å². The van der Waals surface area contributed by atoms with Crippen molar-refractivity contribution in [1.82, 2.24) is 10.2 Å². The number of piperidine rings is 1. The zero-order valence-electron chi connectivity index (χ0n) is 14.7. The highest BCUT2D eigenvalue weighted by Gasteiger charge is 2.39. The van der Waals surface area contributed by atoms with Crippen LogP contribution in [0.15, 0.2) is 0 Å². The zero-order valence-corrected chi connectivity index (χ0v) is 14.7. The summed E-state index contributed by atoms with van der Waals surface area (Å²) >= 11 is 0. The van der Waals surface area contributed by atoms with Gasteiger partial charge in [-0.25, -0.2) is 0 Å². The summed E-state index contributed by atoms with van der Waals surface area (Å²) in [6, 6.07) is 2.60. The first-order valence-electron chi connectivity index (χ1n) is 9.69. The van der Waals surface area contributed by atoms with E-state index in [9.17, 15) is 0 Å². The van der Waals surface area contributed by atoms with Crippen LogP contribution in [-0.4, -0.2) is 36.1 Å². The fourth-order valence-electron chi connectivity index (χ4n) is 4.35. The van der Waals surface area contributed by atoms with Crippen LogP contribution in [0.4, 0.5) is 0 Å². The Labute approximate surface area is 133 Å². The molecule has 2 bridgehead atoms. The molecule has 2 rings (SSSR count). The highest BCUT2D eigenvalue weighted by atomic mass is 15.2. The van der Waals surface area contributed by atoms with Crippen LogP contribution in [-0.2, 0) is 0 Å². The summed E-state index contributed by atoms with van der Waals surface area (Å²) in [5.41, 5.74) is 0. The van der Waals surface area contributed by atoms with Gasteiger partial charge in [0.1, 0.15) is 0 Å². The van der Waals surface area contributed by atoms with Crippen LogP contribution in [0, 0.1) is 5.92 Å². The second-order valence-electron chi connectivity index (χ2n) is 7.84. The van der Waals surface area contributed by atoms with Gasteiger partial charge in [-0.3, -0.25) is 4.90 Å². The number of nitrogens with zero attached hydrogens (tertiary/aromatic N) is 1. The number of unbranched alkanes of at least 4 members (excludes halogenated alkanes) is 3. The van der Waals surface area contributed by atoms with Crippen LogP contribution < -0.4 is 5.32 Å². The van der Waals surface area contributed by atoms with Crippen molar-refractivity contribution in [3.8, 4) is 0 Å². The maximum atomic E-state index is 3.76. The molecule has 124 valence electrons. The van der Waals surface area contributed by atoms with Crippen molar-refractivity contribution >= 4 is 0 Å². The van der Waals surface area contributed by atoms with E-state index in [1.54, 1.807) is 0 Å². The van der Waals surface area contributed by atoms with Crippen molar-refractivity contribution in [2.45, 2.75) is 103 Å². The molecule has 2 nitrogen and oxygen atoms in total. The van der Waals surface area contributed by atoms with E-state index in [2.05, 4.69) is 31.0 Å². The highest BCUT2D eigenvalue weighted by molar-refractivity contribution is 4.97. The molecule has 2 heterocycles. The van der Waals surface area contributed by atoms with Gasteiger partial charge < -0.3 is 5.32 Å². The van der Waals surface area contributed by atoms with Crippen LogP contribution >= 0.6 is 0 Å². The van der Waals surface area contributed by atoms with Crippen molar-refractivity contribution in [2.24, 2.45) is 5.92 Å². The Morgan fingerprint density at radius 1 is 1.00 bits per heavy atom. The van der Waals surface area contributed by atoms with Crippen molar-refractivity contribution < 1.29 is 0 Å². The highest BCUT2D eigenvalue weighted by Crippen LogP contribution is 2.35. The minimum absolute atomic E-state index is 0.810. The quantitative estimate of drug-likeness (QED) is 0.593. The van der Waals surface area contributed by atoms with E-state index in [0.717, 1.165) is 24.0 Å². The molecule has 0 aromatic rings. The molecule has 0 amide bonds. The molecule has 0 aromatic heterocycles.